The third-order valence-corrected chi connectivity index (χ3v) is 1.70. The van der Waals surface area contributed by atoms with Gasteiger partial charge in [-0.1, -0.05) is 0 Å². The van der Waals surface area contributed by atoms with Gasteiger partial charge in [0.25, 0.3) is 0 Å². The number of carboxylic acid groups (broad SMARTS) is 1. The third-order valence-electron chi connectivity index (χ3n) is 1.70. The van der Waals surface area contributed by atoms with Crippen LogP contribution in [-0.4, -0.2) is 56.6 Å². The van der Waals surface area contributed by atoms with Crippen molar-refractivity contribution < 1.29 is 28.9 Å². The Balaban J connectivity index is 2.98. The minimum absolute atomic E-state index is 0.00374. The van der Waals surface area contributed by atoms with E-state index in [1.165, 1.54) is 0 Å². The highest BCUT2D eigenvalue weighted by Crippen LogP contribution is 1.85. The number of carbonyl (C=O) groups excluding carboxylic acids is 1. The lowest BCUT2D eigenvalue weighted by Crippen LogP contribution is -2.15. The molecule has 0 unspecified atom stereocenters. The summed E-state index contributed by atoms with van der Waals surface area (Å²) in [5.41, 5.74) is 4.91. The molecule has 1 amide bonds. The van der Waals surface area contributed by atoms with Crippen molar-refractivity contribution in [3.8, 4) is 0 Å². The Morgan fingerprint density at radius 2 is 1.24 bits per heavy atom. The van der Waals surface area contributed by atoms with Crippen LogP contribution in [-0.2, 0) is 23.8 Å². The minimum atomic E-state index is -0.881. The molecular formula is C10H19NO6. The third kappa shape index (κ3) is 14.8. The van der Waals surface area contributed by atoms with Crippen molar-refractivity contribution in [2.24, 2.45) is 5.73 Å². The predicted molar refractivity (Wildman–Crippen MR) is 58.5 cm³/mol. The maximum absolute atomic E-state index is 10.3. The molecule has 7 heteroatoms. The summed E-state index contributed by atoms with van der Waals surface area (Å²) < 4.78 is 15.2. The maximum Gasteiger partial charge on any atom is 0.305 e. The first kappa shape index (κ1) is 15.8. The zero-order chi connectivity index (χ0) is 12.9. The highest BCUT2D eigenvalue weighted by Gasteiger charge is 1.96. The van der Waals surface area contributed by atoms with E-state index in [4.69, 9.17) is 25.1 Å². The van der Waals surface area contributed by atoms with Crippen LogP contribution in [0, 0.1) is 0 Å². The van der Waals surface area contributed by atoms with Crippen LogP contribution in [0.15, 0.2) is 0 Å². The van der Waals surface area contributed by atoms with Crippen LogP contribution >= 0.6 is 0 Å². The van der Waals surface area contributed by atoms with Gasteiger partial charge in [-0.2, -0.15) is 0 Å². The zero-order valence-electron chi connectivity index (χ0n) is 9.72. The zero-order valence-corrected chi connectivity index (χ0v) is 9.72. The number of hydrogen-bond acceptors (Lipinski definition) is 5. The SMILES string of the molecule is NC(=O)CCOCCOCCOCCC(=O)O. The molecule has 100 valence electrons. The van der Waals surface area contributed by atoms with Gasteiger partial charge in [0.2, 0.25) is 5.91 Å². The van der Waals surface area contributed by atoms with E-state index in [1.54, 1.807) is 0 Å². The molecule has 0 saturated heterocycles. The van der Waals surface area contributed by atoms with Crippen LogP contribution in [0.25, 0.3) is 0 Å². The van der Waals surface area contributed by atoms with Crippen molar-refractivity contribution in [1.29, 1.82) is 0 Å². The molecule has 17 heavy (non-hydrogen) atoms. The molecule has 0 bridgehead atoms. The number of amides is 1. The Morgan fingerprint density at radius 1 is 0.824 bits per heavy atom. The van der Waals surface area contributed by atoms with E-state index in [9.17, 15) is 9.59 Å². The highest BCUT2D eigenvalue weighted by atomic mass is 16.5. The van der Waals surface area contributed by atoms with E-state index in [0.29, 0.717) is 33.0 Å². The number of rotatable bonds is 12. The minimum Gasteiger partial charge on any atom is -0.481 e. The molecule has 0 aliphatic rings. The molecule has 0 aromatic heterocycles. The van der Waals surface area contributed by atoms with E-state index in [0.717, 1.165) is 0 Å². The first-order valence-corrected chi connectivity index (χ1v) is 5.36. The first-order chi connectivity index (χ1) is 8.13. The van der Waals surface area contributed by atoms with Crippen LogP contribution in [0.5, 0.6) is 0 Å². The summed E-state index contributed by atoms with van der Waals surface area (Å²) in [4.78, 5) is 20.5. The fourth-order valence-electron chi connectivity index (χ4n) is 0.874. The van der Waals surface area contributed by atoms with Crippen LogP contribution < -0.4 is 5.73 Å². The van der Waals surface area contributed by atoms with E-state index in [2.05, 4.69) is 0 Å². The maximum atomic E-state index is 10.3. The predicted octanol–water partition coefficient (Wildman–Crippen LogP) is -0.614. The van der Waals surface area contributed by atoms with Crippen molar-refractivity contribution >= 4 is 11.9 Å². The summed E-state index contributed by atoms with van der Waals surface area (Å²) >= 11 is 0. The molecule has 0 aliphatic carbocycles. The molecule has 3 N–H and O–H groups in total. The molecule has 0 radical (unpaired) electrons. The molecule has 0 aromatic carbocycles. The Bertz CT molecular complexity index is 199. The summed E-state index contributed by atoms with van der Waals surface area (Å²) in [7, 11) is 0. The van der Waals surface area contributed by atoms with Gasteiger partial charge >= 0.3 is 5.97 Å². The summed E-state index contributed by atoms with van der Waals surface area (Å²) in [5.74, 6) is -1.27. The number of aliphatic carboxylic acids is 1. The first-order valence-electron chi connectivity index (χ1n) is 5.36. The highest BCUT2D eigenvalue weighted by molar-refractivity contribution is 5.73. The normalized spacial score (nSPS) is 10.4. The lowest BCUT2D eigenvalue weighted by molar-refractivity contribution is -0.138. The van der Waals surface area contributed by atoms with Crippen LogP contribution in [0.2, 0.25) is 0 Å². The van der Waals surface area contributed by atoms with Crippen LogP contribution in [0.4, 0.5) is 0 Å². The summed E-state index contributed by atoms with van der Waals surface area (Å²) in [5, 5.41) is 8.32. The molecule has 0 aliphatic heterocycles. The number of ether oxygens (including phenoxy) is 3. The Labute approximate surface area is 99.8 Å². The average Bonchev–Trinajstić information content (AvgIpc) is 2.25. The largest absolute Gasteiger partial charge is 0.481 e. The molecule has 0 heterocycles. The second-order valence-corrected chi connectivity index (χ2v) is 3.20. The smallest absolute Gasteiger partial charge is 0.305 e. The Kier molecular flexibility index (Phi) is 10.5. The van der Waals surface area contributed by atoms with E-state index >= 15 is 0 Å². The molecule has 0 saturated carbocycles. The molecular weight excluding hydrogens is 230 g/mol. The Morgan fingerprint density at radius 3 is 1.65 bits per heavy atom. The quantitative estimate of drug-likeness (QED) is 0.446. The number of carbonyl (C=O) groups is 2. The van der Waals surface area contributed by atoms with Crippen LogP contribution in [0.1, 0.15) is 12.8 Å². The molecule has 0 spiro atoms. The standard InChI is InChI=1S/C10H19NO6/c11-9(12)1-3-15-5-7-17-8-6-16-4-2-10(13)14/h1-8H2,(H2,11,12)(H,13,14). The molecule has 0 rings (SSSR count). The topological polar surface area (TPSA) is 108 Å². The molecule has 0 atom stereocenters. The van der Waals surface area contributed by atoms with E-state index in [-0.39, 0.29) is 19.4 Å². The average molecular weight is 249 g/mol. The van der Waals surface area contributed by atoms with Crippen molar-refractivity contribution in [1.82, 2.24) is 0 Å². The van der Waals surface area contributed by atoms with Crippen molar-refractivity contribution in [2.75, 3.05) is 39.6 Å². The van der Waals surface area contributed by atoms with Crippen molar-refractivity contribution in [3.63, 3.8) is 0 Å². The van der Waals surface area contributed by atoms with Gasteiger partial charge in [-0.15, -0.1) is 0 Å². The van der Waals surface area contributed by atoms with Crippen molar-refractivity contribution in [3.05, 3.63) is 0 Å². The number of hydrogen-bond donors (Lipinski definition) is 2. The van der Waals surface area contributed by atoms with Crippen molar-refractivity contribution in [2.45, 2.75) is 12.8 Å². The van der Waals surface area contributed by atoms with Crippen LogP contribution in [0.3, 0.4) is 0 Å². The van der Waals surface area contributed by atoms with Gasteiger partial charge in [0.15, 0.2) is 0 Å². The van der Waals surface area contributed by atoms with Gasteiger partial charge in [0.05, 0.1) is 46.1 Å². The second kappa shape index (κ2) is 11.3. The summed E-state index contributed by atoms with van der Waals surface area (Å²) in [6.45, 7) is 2.03. The lowest BCUT2D eigenvalue weighted by Gasteiger charge is -2.05. The van der Waals surface area contributed by atoms with Gasteiger partial charge in [0.1, 0.15) is 0 Å². The van der Waals surface area contributed by atoms with Gasteiger partial charge in [-0.25, -0.2) is 0 Å². The number of carboxylic acids is 1. The summed E-state index contributed by atoms with van der Waals surface area (Å²) in [6.07, 6.45) is 0.203. The fourth-order valence-corrected chi connectivity index (χ4v) is 0.874. The van der Waals surface area contributed by atoms with Gasteiger partial charge in [0, 0.05) is 6.42 Å². The van der Waals surface area contributed by atoms with E-state index < -0.39 is 11.9 Å². The van der Waals surface area contributed by atoms with Gasteiger partial charge in [-0.05, 0) is 0 Å². The Hall–Kier alpha value is -1.18. The number of primary amides is 1. The van der Waals surface area contributed by atoms with Gasteiger partial charge in [-0.3, -0.25) is 9.59 Å². The van der Waals surface area contributed by atoms with E-state index in [1.807, 2.05) is 0 Å². The second-order valence-electron chi connectivity index (χ2n) is 3.20. The lowest BCUT2D eigenvalue weighted by atomic mass is 10.4. The van der Waals surface area contributed by atoms with Gasteiger partial charge < -0.3 is 25.1 Å². The molecule has 0 fully saturated rings. The summed E-state index contributed by atoms with van der Waals surface area (Å²) in [6, 6.07) is 0. The molecule has 0 aromatic rings. The monoisotopic (exact) mass is 249 g/mol. The molecule has 7 nitrogen and oxygen atoms in total. The number of nitrogens with two attached hydrogens (primary N) is 1. The fraction of sp³-hybridized carbons (Fsp3) is 0.800.